The van der Waals surface area contributed by atoms with Crippen LogP contribution < -0.4 is 0 Å². The third kappa shape index (κ3) is 4.40. The van der Waals surface area contributed by atoms with Gasteiger partial charge >= 0.3 is 5.97 Å². The molecule has 0 unspecified atom stereocenters. The Morgan fingerprint density at radius 3 is 2.46 bits per heavy atom. The van der Waals surface area contributed by atoms with E-state index in [-0.39, 0.29) is 19.1 Å². The van der Waals surface area contributed by atoms with Crippen LogP contribution in [0.1, 0.15) is 30.9 Å². The van der Waals surface area contributed by atoms with Gasteiger partial charge in [0.25, 0.3) is 0 Å². The van der Waals surface area contributed by atoms with Crippen LogP contribution in [0.2, 0.25) is 0 Å². The summed E-state index contributed by atoms with van der Waals surface area (Å²) < 4.78 is 11.0. The summed E-state index contributed by atoms with van der Waals surface area (Å²) in [6.07, 6.45) is 3.24. The summed E-state index contributed by atoms with van der Waals surface area (Å²) in [5, 5.41) is 11.3. The number of rotatable bonds is 5. The van der Waals surface area contributed by atoms with Crippen LogP contribution in [0.5, 0.6) is 0 Å². The topological polar surface area (TPSA) is 55.8 Å². The molecule has 0 aliphatic carbocycles. The molecule has 3 atom stereocenters. The number of carbonyl (C=O) groups excluding carboxylic acids is 1. The summed E-state index contributed by atoms with van der Waals surface area (Å²) >= 11 is 0. The predicted molar refractivity (Wildman–Crippen MR) is 100 cm³/mol. The van der Waals surface area contributed by atoms with Crippen molar-refractivity contribution in [3.63, 3.8) is 0 Å². The molecule has 4 heteroatoms. The molecule has 1 fully saturated rings. The van der Waals surface area contributed by atoms with Gasteiger partial charge < -0.3 is 14.6 Å². The van der Waals surface area contributed by atoms with Crippen LogP contribution in [-0.2, 0) is 19.9 Å². The van der Waals surface area contributed by atoms with Crippen molar-refractivity contribution in [2.45, 2.75) is 37.6 Å². The van der Waals surface area contributed by atoms with E-state index < -0.39 is 17.7 Å². The number of carbonyl (C=O) groups is 1. The van der Waals surface area contributed by atoms with Gasteiger partial charge in [0.1, 0.15) is 0 Å². The molecule has 2 aromatic rings. The summed E-state index contributed by atoms with van der Waals surface area (Å²) in [7, 11) is 0. The first kappa shape index (κ1) is 18.4. The third-order valence-corrected chi connectivity index (χ3v) is 4.56. The van der Waals surface area contributed by atoms with E-state index >= 15 is 0 Å². The van der Waals surface area contributed by atoms with Crippen molar-refractivity contribution in [3.05, 3.63) is 77.9 Å². The SMILES string of the molecule is CCOC(=O)[C@@H]1C[C@](O)(c2ccccc2)C[C@H](/C=C/c2ccccc2)O1. The lowest BCUT2D eigenvalue weighted by atomic mass is 9.81. The first-order chi connectivity index (χ1) is 12.6. The quantitative estimate of drug-likeness (QED) is 0.834. The molecular weight excluding hydrogens is 328 g/mol. The number of aliphatic hydroxyl groups is 1. The van der Waals surface area contributed by atoms with Gasteiger partial charge in [-0.2, -0.15) is 0 Å². The molecule has 0 bridgehead atoms. The summed E-state index contributed by atoms with van der Waals surface area (Å²) in [5.41, 5.74) is 0.691. The van der Waals surface area contributed by atoms with Gasteiger partial charge in [-0.3, -0.25) is 0 Å². The maximum Gasteiger partial charge on any atom is 0.335 e. The van der Waals surface area contributed by atoms with Crippen molar-refractivity contribution in [2.24, 2.45) is 0 Å². The normalized spacial score (nSPS) is 25.9. The fraction of sp³-hybridized carbons (Fsp3) is 0.318. The van der Waals surface area contributed by atoms with Gasteiger partial charge in [-0.1, -0.05) is 72.8 Å². The van der Waals surface area contributed by atoms with Gasteiger partial charge in [-0.05, 0) is 18.1 Å². The highest BCUT2D eigenvalue weighted by atomic mass is 16.6. The molecule has 4 nitrogen and oxygen atoms in total. The van der Waals surface area contributed by atoms with Gasteiger partial charge in [0.05, 0.1) is 18.3 Å². The molecule has 1 saturated heterocycles. The van der Waals surface area contributed by atoms with Crippen LogP contribution in [0.4, 0.5) is 0 Å². The third-order valence-electron chi connectivity index (χ3n) is 4.56. The minimum Gasteiger partial charge on any atom is -0.464 e. The molecule has 2 aromatic carbocycles. The zero-order valence-corrected chi connectivity index (χ0v) is 14.9. The Labute approximate surface area is 154 Å². The van der Waals surface area contributed by atoms with Crippen molar-refractivity contribution in [1.29, 1.82) is 0 Å². The summed E-state index contributed by atoms with van der Waals surface area (Å²) in [6.45, 7) is 2.05. The Morgan fingerprint density at radius 1 is 1.15 bits per heavy atom. The van der Waals surface area contributed by atoms with E-state index in [1.54, 1.807) is 6.92 Å². The van der Waals surface area contributed by atoms with Gasteiger partial charge in [-0.25, -0.2) is 4.79 Å². The highest BCUT2D eigenvalue weighted by Gasteiger charge is 2.43. The lowest BCUT2D eigenvalue weighted by Gasteiger charge is -2.39. The maximum atomic E-state index is 12.3. The lowest BCUT2D eigenvalue weighted by Crippen LogP contribution is -2.46. The maximum absolute atomic E-state index is 12.3. The lowest BCUT2D eigenvalue weighted by molar-refractivity contribution is -0.180. The number of hydrogen-bond donors (Lipinski definition) is 1. The van der Waals surface area contributed by atoms with E-state index in [1.165, 1.54) is 0 Å². The average molecular weight is 352 g/mol. The molecule has 1 heterocycles. The molecule has 0 saturated carbocycles. The first-order valence-electron chi connectivity index (χ1n) is 8.94. The zero-order chi connectivity index (χ0) is 18.4. The van der Waals surface area contributed by atoms with Gasteiger partial charge in [0.15, 0.2) is 6.10 Å². The smallest absolute Gasteiger partial charge is 0.335 e. The highest BCUT2D eigenvalue weighted by molar-refractivity contribution is 5.75. The number of ether oxygens (including phenoxy) is 2. The van der Waals surface area contributed by atoms with Crippen LogP contribution in [0.15, 0.2) is 66.7 Å². The van der Waals surface area contributed by atoms with Crippen molar-refractivity contribution in [2.75, 3.05) is 6.61 Å². The van der Waals surface area contributed by atoms with Crippen LogP contribution >= 0.6 is 0 Å². The number of benzene rings is 2. The van der Waals surface area contributed by atoms with Crippen molar-refractivity contribution in [3.8, 4) is 0 Å². The van der Waals surface area contributed by atoms with E-state index in [0.717, 1.165) is 11.1 Å². The largest absolute Gasteiger partial charge is 0.464 e. The molecule has 1 N–H and O–H groups in total. The fourth-order valence-electron chi connectivity index (χ4n) is 3.28. The van der Waals surface area contributed by atoms with Gasteiger partial charge in [0.2, 0.25) is 0 Å². The Kier molecular flexibility index (Phi) is 5.86. The highest BCUT2D eigenvalue weighted by Crippen LogP contribution is 2.38. The van der Waals surface area contributed by atoms with E-state index in [4.69, 9.17) is 9.47 Å². The molecule has 26 heavy (non-hydrogen) atoms. The predicted octanol–water partition coefficient (Wildman–Crippen LogP) is 3.70. The van der Waals surface area contributed by atoms with Crippen LogP contribution in [0, 0.1) is 0 Å². The molecule has 0 radical (unpaired) electrons. The molecule has 0 aromatic heterocycles. The molecule has 136 valence electrons. The van der Waals surface area contributed by atoms with Gasteiger partial charge in [0, 0.05) is 12.8 Å². The Balaban J connectivity index is 1.84. The standard InChI is InChI=1S/C22H24O4/c1-2-25-21(23)20-16-22(24,18-11-7-4-8-12-18)15-19(26-20)14-13-17-9-5-3-6-10-17/h3-14,19-20,24H,2,15-16H2,1H3/b14-13+/t19-,20-,22-/m0/s1. The summed E-state index contributed by atoms with van der Waals surface area (Å²) in [5.74, 6) is -0.431. The summed E-state index contributed by atoms with van der Waals surface area (Å²) in [6, 6.07) is 19.3. The first-order valence-corrected chi connectivity index (χ1v) is 8.94. The van der Waals surface area contributed by atoms with Crippen molar-refractivity contribution >= 4 is 12.0 Å². The monoisotopic (exact) mass is 352 g/mol. The second-order valence-corrected chi connectivity index (χ2v) is 6.49. The zero-order valence-electron chi connectivity index (χ0n) is 14.9. The van der Waals surface area contributed by atoms with Crippen LogP contribution in [0.3, 0.4) is 0 Å². The second-order valence-electron chi connectivity index (χ2n) is 6.49. The van der Waals surface area contributed by atoms with E-state index in [2.05, 4.69) is 0 Å². The Hall–Kier alpha value is -2.43. The van der Waals surface area contributed by atoms with E-state index in [1.807, 2.05) is 72.8 Å². The van der Waals surface area contributed by atoms with Crippen molar-refractivity contribution in [1.82, 2.24) is 0 Å². The number of esters is 1. The molecule has 3 rings (SSSR count). The minimum absolute atomic E-state index is 0.186. The Bertz CT molecular complexity index is 741. The molecule has 1 aliphatic rings. The summed E-state index contributed by atoms with van der Waals surface area (Å²) in [4.78, 5) is 12.3. The van der Waals surface area contributed by atoms with Crippen molar-refractivity contribution < 1.29 is 19.4 Å². The van der Waals surface area contributed by atoms with Crippen LogP contribution in [-0.4, -0.2) is 29.9 Å². The van der Waals surface area contributed by atoms with E-state index in [0.29, 0.717) is 6.42 Å². The fourth-order valence-corrected chi connectivity index (χ4v) is 3.28. The molecule has 0 amide bonds. The molecule has 0 spiro atoms. The Morgan fingerprint density at radius 2 is 1.81 bits per heavy atom. The van der Waals surface area contributed by atoms with E-state index in [9.17, 15) is 9.90 Å². The second kappa shape index (κ2) is 8.30. The van der Waals surface area contributed by atoms with Gasteiger partial charge in [-0.15, -0.1) is 0 Å². The van der Waals surface area contributed by atoms with Crippen LogP contribution in [0.25, 0.3) is 6.08 Å². The molecular formula is C22H24O4. The molecule has 1 aliphatic heterocycles. The number of hydrogen-bond acceptors (Lipinski definition) is 4. The minimum atomic E-state index is -1.14. The average Bonchev–Trinajstić information content (AvgIpc) is 2.68.